The first-order valence-electron chi connectivity index (χ1n) is 10.1. The molecule has 1 amide bonds. The minimum Gasteiger partial charge on any atom is -0.462 e. The number of hydrogen-bond acceptors (Lipinski definition) is 8. The van der Waals surface area contributed by atoms with Gasteiger partial charge in [-0.3, -0.25) is 5.01 Å². The number of nitrogens with one attached hydrogen (secondary N) is 1. The molecule has 2 bridgehead atoms. The molecule has 29 heavy (non-hydrogen) atoms. The minimum atomic E-state index is -0.634. The van der Waals surface area contributed by atoms with Crippen molar-refractivity contribution in [2.24, 2.45) is 11.8 Å². The summed E-state index contributed by atoms with van der Waals surface area (Å²) < 4.78 is 10.7. The van der Waals surface area contributed by atoms with E-state index in [9.17, 15) is 9.59 Å². The number of aromatic nitrogens is 2. The molecule has 3 atom stereocenters. The van der Waals surface area contributed by atoms with Crippen molar-refractivity contribution in [1.82, 2.24) is 15.4 Å². The predicted octanol–water partition coefficient (Wildman–Crippen LogP) is 3.81. The van der Waals surface area contributed by atoms with E-state index >= 15 is 0 Å². The SMILES string of the molecule is CCOC(=O)c1cnc(SC)nc1N(NC(=O)OC(C)(C)C)[C@H]1C[C@H]2CC[C@@H]1C2. The van der Waals surface area contributed by atoms with Crippen LogP contribution in [0.3, 0.4) is 0 Å². The van der Waals surface area contributed by atoms with Gasteiger partial charge in [0.2, 0.25) is 0 Å². The van der Waals surface area contributed by atoms with Gasteiger partial charge in [0, 0.05) is 6.20 Å². The molecule has 0 aliphatic heterocycles. The molecule has 9 heteroatoms. The monoisotopic (exact) mass is 422 g/mol. The van der Waals surface area contributed by atoms with Crippen molar-refractivity contribution in [3.05, 3.63) is 11.8 Å². The molecule has 1 aromatic rings. The van der Waals surface area contributed by atoms with E-state index in [1.807, 2.05) is 27.0 Å². The van der Waals surface area contributed by atoms with Gasteiger partial charge in [-0.1, -0.05) is 18.2 Å². The topological polar surface area (TPSA) is 93.6 Å². The van der Waals surface area contributed by atoms with Crippen LogP contribution in [0.1, 0.15) is 63.7 Å². The number of anilines is 1. The molecule has 1 N–H and O–H groups in total. The Morgan fingerprint density at radius 3 is 2.62 bits per heavy atom. The van der Waals surface area contributed by atoms with Gasteiger partial charge in [-0.05, 0) is 65.0 Å². The van der Waals surface area contributed by atoms with E-state index in [2.05, 4.69) is 15.4 Å². The lowest BCUT2D eigenvalue weighted by Crippen LogP contribution is -2.53. The molecule has 1 heterocycles. The van der Waals surface area contributed by atoms with Gasteiger partial charge in [0.05, 0.1) is 12.6 Å². The molecule has 0 saturated heterocycles. The molecule has 1 aromatic heterocycles. The number of amides is 1. The second-order valence-electron chi connectivity index (χ2n) is 8.54. The largest absolute Gasteiger partial charge is 0.462 e. The Bertz CT molecular complexity index is 767. The summed E-state index contributed by atoms with van der Waals surface area (Å²) in [6.07, 6.45) is 7.17. The minimum absolute atomic E-state index is 0.0547. The van der Waals surface area contributed by atoms with Gasteiger partial charge in [0.25, 0.3) is 0 Å². The number of esters is 1. The number of thioether (sulfide) groups is 1. The Labute approximate surface area is 176 Å². The first-order chi connectivity index (χ1) is 13.7. The second-order valence-corrected chi connectivity index (χ2v) is 9.31. The van der Waals surface area contributed by atoms with Gasteiger partial charge >= 0.3 is 12.1 Å². The van der Waals surface area contributed by atoms with Gasteiger partial charge < -0.3 is 9.47 Å². The predicted molar refractivity (Wildman–Crippen MR) is 111 cm³/mol. The molecule has 0 spiro atoms. The lowest BCUT2D eigenvalue weighted by atomic mass is 9.94. The maximum atomic E-state index is 12.6. The maximum Gasteiger partial charge on any atom is 0.426 e. The van der Waals surface area contributed by atoms with E-state index in [1.54, 1.807) is 11.9 Å². The Morgan fingerprint density at radius 1 is 1.31 bits per heavy atom. The zero-order chi connectivity index (χ0) is 21.2. The van der Waals surface area contributed by atoms with Crippen molar-refractivity contribution in [2.75, 3.05) is 17.9 Å². The Hall–Kier alpha value is -2.03. The Balaban J connectivity index is 1.98. The summed E-state index contributed by atoms with van der Waals surface area (Å²) in [6.45, 7) is 7.44. The zero-order valence-electron chi connectivity index (χ0n) is 17.7. The van der Waals surface area contributed by atoms with Crippen molar-refractivity contribution < 1.29 is 19.1 Å². The molecule has 160 valence electrons. The van der Waals surface area contributed by atoms with Crippen LogP contribution in [0.5, 0.6) is 0 Å². The van der Waals surface area contributed by atoms with Crippen molar-refractivity contribution >= 4 is 29.6 Å². The van der Waals surface area contributed by atoms with Crippen LogP contribution in [-0.2, 0) is 9.47 Å². The zero-order valence-corrected chi connectivity index (χ0v) is 18.5. The summed E-state index contributed by atoms with van der Waals surface area (Å²) in [5, 5.41) is 2.25. The van der Waals surface area contributed by atoms with Gasteiger partial charge in [-0.2, -0.15) is 0 Å². The molecule has 2 saturated carbocycles. The molecule has 0 radical (unpaired) electrons. The smallest absolute Gasteiger partial charge is 0.426 e. The molecule has 3 rings (SSSR count). The molecule has 0 unspecified atom stereocenters. The van der Waals surface area contributed by atoms with E-state index in [0.717, 1.165) is 19.3 Å². The van der Waals surface area contributed by atoms with Crippen LogP contribution in [0.25, 0.3) is 0 Å². The van der Waals surface area contributed by atoms with E-state index in [0.29, 0.717) is 22.8 Å². The summed E-state index contributed by atoms with van der Waals surface area (Å²) in [5.41, 5.74) is 2.48. The molecule has 0 aromatic carbocycles. The van der Waals surface area contributed by atoms with Crippen molar-refractivity contribution in [1.29, 1.82) is 0 Å². The van der Waals surface area contributed by atoms with Crippen molar-refractivity contribution in [2.45, 2.75) is 70.2 Å². The Kier molecular flexibility index (Phi) is 6.55. The molecule has 2 aliphatic rings. The summed E-state index contributed by atoms with van der Waals surface area (Å²) in [6, 6.07) is 0.0547. The van der Waals surface area contributed by atoms with Crippen LogP contribution in [0, 0.1) is 11.8 Å². The van der Waals surface area contributed by atoms with Gasteiger partial charge in [0.1, 0.15) is 11.2 Å². The molecular formula is C20H30N4O4S. The number of fused-ring (bicyclic) bond motifs is 2. The van der Waals surface area contributed by atoms with Crippen molar-refractivity contribution in [3.63, 3.8) is 0 Å². The van der Waals surface area contributed by atoms with E-state index in [4.69, 9.17) is 9.47 Å². The maximum absolute atomic E-state index is 12.6. The standard InChI is InChI=1S/C20H30N4O4S/c1-6-27-17(25)14-11-21-18(29-5)22-16(14)24(23-19(26)28-20(2,3)4)15-10-12-7-8-13(15)9-12/h11-13,15H,6-10H2,1-5H3,(H,23,26)/t12-,13+,15-/m0/s1. The van der Waals surface area contributed by atoms with E-state index < -0.39 is 17.7 Å². The normalized spacial score (nSPS) is 23.0. The molecule has 2 aliphatic carbocycles. The third-order valence-corrected chi connectivity index (χ3v) is 5.86. The number of ether oxygens (including phenoxy) is 2. The van der Waals surface area contributed by atoms with Gasteiger partial charge in [-0.15, -0.1) is 0 Å². The summed E-state index contributed by atoms with van der Waals surface area (Å²) in [5.74, 6) is 0.944. The average Bonchev–Trinajstić information content (AvgIpc) is 3.28. The first-order valence-corrected chi connectivity index (χ1v) is 11.3. The van der Waals surface area contributed by atoms with Gasteiger partial charge in [0.15, 0.2) is 11.0 Å². The third kappa shape index (κ3) is 5.12. The number of hydrazine groups is 1. The van der Waals surface area contributed by atoms with Crippen LogP contribution in [0.2, 0.25) is 0 Å². The lowest BCUT2D eigenvalue weighted by molar-refractivity contribution is 0.0493. The number of hydrogen-bond donors (Lipinski definition) is 1. The number of nitrogens with zero attached hydrogens (tertiary/aromatic N) is 3. The third-order valence-electron chi connectivity index (χ3n) is 5.30. The highest BCUT2D eigenvalue weighted by Crippen LogP contribution is 2.47. The summed E-state index contributed by atoms with van der Waals surface area (Å²) in [7, 11) is 0. The second kappa shape index (κ2) is 8.77. The average molecular weight is 423 g/mol. The van der Waals surface area contributed by atoms with Crippen LogP contribution >= 0.6 is 11.8 Å². The fraction of sp³-hybridized carbons (Fsp3) is 0.700. The van der Waals surface area contributed by atoms with Crippen molar-refractivity contribution in [3.8, 4) is 0 Å². The fourth-order valence-electron chi connectivity index (χ4n) is 4.21. The molecule has 8 nitrogen and oxygen atoms in total. The lowest BCUT2D eigenvalue weighted by Gasteiger charge is -2.36. The van der Waals surface area contributed by atoms with E-state index in [-0.39, 0.29) is 18.2 Å². The van der Waals surface area contributed by atoms with Crippen LogP contribution in [-0.4, -0.2) is 46.5 Å². The van der Waals surface area contributed by atoms with Crippen LogP contribution in [0.4, 0.5) is 10.6 Å². The van der Waals surface area contributed by atoms with Gasteiger partial charge in [-0.25, -0.2) is 25.0 Å². The highest BCUT2D eigenvalue weighted by molar-refractivity contribution is 7.98. The quantitative estimate of drug-likeness (QED) is 0.320. The summed E-state index contributed by atoms with van der Waals surface area (Å²) in [4.78, 5) is 34.0. The molecule has 2 fully saturated rings. The fourth-order valence-corrected chi connectivity index (χ4v) is 4.55. The summed E-state index contributed by atoms with van der Waals surface area (Å²) >= 11 is 1.38. The number of carbonyl (C=O) groups is 2. The molecular weight excluding hydrogens is 392 g/mol. The van der Waals surface area contributed by atoms with Crippen LogP contribution in [0.15, 0.2) is 11.4 Å². The van der Waals surface area contributed by atoms with E-state index in [1.165, 1.54) is 24.4 Å². The number of rotatable bonds is 6. The Morgan fingerprint density at radius 2 is 2.07 bits per heavy atom. The first kappa shape index (κ1) is 21.7. The highest BCUT2D eigenvalue weighted by atomic mass is 32.2. The van der Waals surface area contributed by atoms with Crippen LogP contribution < -0.4 is 10.4 Å². The highest BCUT2D eigenvalue weighted by Gasteiger charge is 2.44. The number of carbonyl (C=O) groups excluding carboxylic acids is 2.